The van der Waals surface area contributed by atoms with Crippen molar-refractivity contribution in [1.82, 2.24) is 0 Å². The van der Waals surface area contributed by atoms with Crippen molar-refractivity contribution in [2.75, 3.05) is 12.3 Å². The first kappa shape index (κ1) is 19.4. The van der Waals surface area contributed by atoms with Crippen LogP contribution in [-0.2, 0) is 5.41 Å². The van der Waals surface area contributed by atoms with Gasteiger partial charge in [-0.15, -0.1) is 38.0 Å². The van der Waals surface area contributed by atoms with Gasteiger partial charge in [-0.05, 0) is 30.5 Å². The second-order valence-electron chi connectivity index (χ2n) is 4.09. The Morgan fingerprint density at radius 3 is 1.78 bits per heavy atom. The van der Waals surface area contributed by atoms with E-state index < -0.39 is 0 Å². The van der Waals surface area contributed by atoms with Crippen LogP contribution in [0.15, 0.2) is 49.6 Å². The lowest BCUT2D eigenvalue weighted by molar-refractivity contribution is 0.448. The second kappa shape index (κ2) is 9.03. The molecule has 0 amide bonds. The van der Waals surface area contributed by atoms with Gasteiger partial charge in [0.05, 0.1) is 0 Å². The molecule has 1 rings (SSSR count). The number of anilines is 1. The summed E-state index contributed by atoms with van der Waals surface area (Å²) in [5.41, 5.74) is 13.5. The summed E-state index contributed by atoms with van der Waals surface area (Å²) in [5.74, 6) is 0. The highest BCUT2D eigenvalue weighted by Crippen LogP contribution is 2.32. The summed E-state index contributed by atoms with van der Waals surface area (Å²) < 4.78 is 0. The minimum atomic E-state index is -0.0861. The van der Waals surface area contributed by atoms with Gasteiger partial charge in [0.15, 0.2) is 0 Å². The minimum absolute atomic E-state index is 0. The third-order valence-corrected chi connectivity index (χ3v) is 2.98. The third kappa shape index (κ3) is 4.37. The van der Waals surface area contributed by atoms with Gasteiger partial charge >= 0.3 is 0 Å². The predicted octanol–water partition coefficient (Wildman–Crippen LogP) is 3.46. The van der Waals surface area contributed by atoms with E-state index >= 15 is 0 Å². The van der Waals surface area contributed by atoms with Crippen LogP contribution in [0.3, 0.4) is 0 Å². The molecule has 0 radical (unpaired) electrons. The van der Waals surface area contributed by atoms with Crippen molar-refractivity contribution in [3.63, 3.8) is 0 Å². The quantitative estimate of drug-likeness (QED) is 0.622. The zero-order chi connectivity index (χ0) is 12.0. The Balaban J connectivity index is 0. The van der Waals surface area contributed by atoms with Gasteiger partial charge in [0.25, 0.3) is 0 Å². The molecule has 0 unspecified atom stereocenters. The Labute approximate surface area is 122 Å². The largest absolute Gasteiger partial charge is 0.399 e. The number of nitrogens with two attached hydrogens (primary N) is 2. The van der Waals surface area contributed by atoms with Crippen LogP contribution in [-0.4, -0.2) is 6.54 Å². The van der Waals surface area contributed by atoms with Crippen LogP contribution in [0.25, 0.3) is 0 Å². The molecule has 1 aromatic carbocycles. The predicted molar refractivity (Wildman–Crippen MR) is 85.7 cm³/mol. The molecule has 0 aliphatic heterocycles. The summed E-state index contributed by atoms with van der Waals surface area (Å²) in [6.07, 6.45) is 5.51. The summed E-state index contributed by atoms with van der Waals surface area (Å²) in [7, 11) is 0. The van der Waals surface area contributed by atoms with Crippen molar-refractivity contribution in [1.29, 1.82) is 0 Å². The molecule has 2 nitrogen and oxygen atoms in total. The molecule has 4 heteroatoms. The number of halogens is 2. The molecule has 0 saturated carbocycles. The summed E-state index contributed by atoms with van der Waals surface area (Å²) in [6, 6.07) is 7.89. The summed E-state index contributed by atoms with van der Waals surface area (Å²) in [5, 5.41) is 0. The van der Waals surface area contributed by atoms with Crippen LogP contribution < -0.4 is 11.5 Å². The minimum Gasteiger partial charge on any atom is -0.399 e. The highest BCUT2D eigenvalue weighted by Gasteiger charge is 2.27. The van der Waals surface area contributed by atoms with Crippen LogP contribution in [0.5, 0.6) is 0 Å². The van der Waals surface area contributed by atoms with Gasteiger partial charge in [0.1, 0.15) is 0 Å². The molecular weight excluding hydrogens is 267 g/mol. The molecule has 18 heavy (non-hydrogen) atoms. The summed E-state index contributed by atoms with van der Waals surface area (Å²) in [6.45, 7) is 8.19. The number of hydrogen-bond donors (Lipinski definition) is 2. The maximum absolute atomic E-state index is 5.92. The van der Waals surface area contributed by atoms with E-state index in [1.54, 1.807) is 0 Å². The fourth-order valence-corrected chi connectivity index (χ4v) is 1.99. The molecule has 0 aliphatic carbocycles. The van der Waals surface area contributed by atoms with E-state index in [0.717, 1.165) is 18.5 Å². The topological polar surface area (TPSA) is 52.0 Å². The van der Waals surface area contributed by atoms with Crippen molar-refractivity contribution in [2.24, 2.45) is 5.73 Å². The molecule has 0 atom stereocenters. The molecule has 0 aromatic heterocycles. The molecule has 0 saturated heterocycles. The maximum atomic E-state index is 5.92. The lowest BCUT2D eigenvalue weighted by atomic mass is 9.75. The summed E-state index contributed by atoms with van der Waals surface area (Å²) in [4.78, 5) is 0. The van der Waals surface area contributed by atoms with Gasteiger partial charge in [-0.2, -0.15) is 0 Å². The number of nitrogen functional groups attached to an aromatic ring is 1. The van der Waals surface area contributed by atoms with Gasteiger partial charge in [0, 0.05) is 17.6 Å². The Hall–Kier alpha value is -0.960. The number of benzene rings is 1. The molecule has 0 aliphatic rings. The van der Waals surface area contributed by atoms with Gasteiger partial charge in [-0.1, -0.05) is 24.3 Å². The van der Waals surface area contributed by atoms with E-state index in [9.17, 15) is 0 Å². The van der Waals surface area contributed by atoms with Crippen LogP contribution in [0.4, 0.5) is 5.69 Å². The lowest BCUT2D eigenvalue weighted by Crippen LogP contribution is -2.34. The average molecular weight is 289 g/mol. The maximum Gasteiger partial charge on any atom is 0.0314 e. The van der Waals surface area contributed by atoms with E-state index in [2.05, 4.69) is 13.2 Å². The van der Waals surface area contributed by atoms with Crippen LogP contribution >= 0.6 is 24.8 Å². The van der Waals surface area contributed by atoms with Crippen LogP contribution in [0.1, 0.15) is 18.4 Å². The highest BCUT2D eigenvalue weighted by molar-refractivity contribution is 5.85. The molecule has 4 N–H and O–H groups in total. The SMILES string of the molecule is C=CCC(CN)(CC=C)c1ccc(N)cc1.Cl.Cl. The Morgan fingerprint density at radius 2 is 1.44 bits per heavy atom. The van der Waals surface area contributed by atoms with E-state index in [1.165, 1.54) is 5.56 Å². The third-order valence-electron chi connectivity index (χ3n) is 2.98. The second-order valence-corrected chi connectivity index (χ2v) is 4.09. The fourth-order valence-electron chi connectivity index (χ4n) is 1.99. The molecule has 0 spiro atoms. The monoisotopic (exact) mass is 288 g/mol. The van der Waals surface area contributed by atoms with Crippen molar-refractivity contribution in [2.45, 2.75) is 18.3 Å². The van der Waals surface area contributed by atoms with E-state index in [4.69, 9.17) is 11.5 Å². The van der Waals surface area contributed by atoms with E-state index in [-0.39, 0.29) is 30.2 Å². The van der Waals surface area contributed by atoms with Gasteiger partial charge in [0.2, 0.25) is 0 Å². The Morgan fingerprint density at radius 1 is 1.00 bits per heavy atom. The molecular formula is C14H22Cl2N2. The van der Waals surface area contributed by atoms with Crippen LogP contribution in [0, 0.1) is 0 Å². The zero-order valence-corrected chi connectivity index (χ0v) is 12.1. The van der Waals surface area contributed by atoms with Crippen molar-refractivity contribution >= 4 is 30.5 Å². The first-order chi connectivity index (χ1) is 7.68. The fraction of sp³-hybridized carbons (Fsp3) is 0.286. The normalized spacial score (nSPS) is 9.83. The Bertz CT molecular complexity index is 351. The van der Waals surface area contributed by atoms with Crippen molar-refractivity contribution < 1.29 is 0 Å². The van der Waals surface area contributed by atoms with E-state index in [1.807, 2.05) is 36.4 Å². The standard InChI is InChI=1S/C14H20N2.2ClH/c1-3-9-14(11-15,10-4-2)12-5-7-13(16)8-6-12;;/h3-8H,1-2,9-11,15-16H2;2*1H. The molecule has 0 bridgehead atoms. The van der Waals surface area contributed by atoms with E-state index in [0.29, 0.717) is 6.54 Å². The van der Waals surface area contributed by atoms with Gasteiger partial charge in [-0.3, -0.25) is 0 Å². The van der Waals surface area contributed by atoms with Crippen molar-refractivity contribution in [3.8, 4) is 0 Å². The van der Waals surface area contributed by atoms with Crippen molar-refractivity contribution in [3.05, 3.63) is 55.1 Å². The molecule has 0 heterocycles. The number of hydrogen-bond acceptors (Lipinski definition) is 2. The average Bonchev–Trinajstić information content (AvgIpc) is 2.29. The molecule has 1 aromatic rings. The van der Waals surface area contributed by atoms with Crippen LogP contribution in [0.2, 0.25) is 0 Å². The first-order valence-electron chi connectivity index (χ1n) is 5.46. The first-order valence-corrected chi connectivity index (χ1v) is 5.46. The molecule has 102 valence electrons. The smallest absolute Gasteiger partial charge is 0.0314 e. The van der Waals surface area contributed by atoms with Gasteiger partial charge in [-0.25, -0.2) is 0 Å². The highest BCUT2D eigenvalue weighted by atomic mass is 35.5. The lowest BCUT2D eigenvalue weighted by Gasteiger charge is -2.31. The molecule has 0 fully saturated rings. The number of allylic oxidation sites excluding steroid dienone is 2. The van der Waals surface area contributed by atoms with Gasteiger partial charge < -0.3 is 11.5 Å². The zero-order valence-electron chi connectivity index (χ0n) is 10.5. The number of rotatable bonds is 6. The summed E-state index contributed by atoms with van der Waals surface area (Å²) >= 11 is 0. The Kier molecular flexibility index (Phi) is 9.73.